The van der Waals surface area contributed by atoms with E-state index in [-0.39, 0.29) is 11.6 Å². The predicted octanol–water partition coefficient (Wildman–Crippen LogP) is 1.40. The Kier molecular flexibility index (Phi) is 4.82. The van der Waals surface area contributed by atoms with Gasteiger partial charge in [0, 0.05) is 20.2 Å². The Hall–Kier alpha value is -1.78. The van der Waals surface area contributed by atoms with Gasteiger partial charge in [-0.2, -0.15) is 5.26 Å². The zero-order valence-corrected chi connectivity index (χ0v) is 12.2. The fraction of sp³-hybridized carbons (Fsp3) is 0.538. The number of nitrogens with two attached hydrogens (primary N) is 1. The highest BCUT2D eigenvalue weighted by molar-refractivity contribution is 7.18. The molecule has 0 saturated heterocycles. The van der Waals surface area contributed by atoms with Gasteiger partial charge < -0.3 is 21.1 Å². The number of amides is 1. The van der Waals surface area contributed by atoms with Gasteiger partial charge in [-0.15, -0.1) is 11.3 Å². The van der Waals surface area contributed by atoms with Crippen LogP contribution < -0.4 is 16.4 Å². The maximum Gasteiger partial charge on any atom is 0.263 e. The van der Waals surface area contributed by atoms with Crippen LogP contribution >= 0.6 is 11.3 Å². The summed E-state index contributed by atoms with van der Waals surface area (Å²) >= 11 is 1.19. The van der Waals surface area contributed by atoms with E-state index in [0.29, 0.717) is 28.6 Å². The number of nitrogens with one attached hydrogen (secondary N) is 2. The molecule has 1 aliphatic carbocycles. The van der Waals surface area contributed by atoms with E-state index in [2.05, 4.69) is 10.6 Å². The second-order valence-electron chi connectivity index (χ2n) is 4.68. The lowest BCUT2D eigenvalue weighted by Crippen LogP contribution is -2.17. The summed E-state index contributed by atoms with van der Waals surface area (Å²) in [7, 11) is 1.53. The Morgan fingerprint density at radius 2 is 2.35 bits per heavy atom. The van der Waals surface area contributed by atoms with Gasteiger partial charge in [0.05, 0.1) is 12.3 Å². The Morgan fingerprint density at radius 3 is 2.95 bits per heavy atom. The van der Waals surface area contributed by atoms with Crippen molar-refractivity contribution in [2.45, 2.75) is 12.8 Å². The highest BCUT2D eigenvalue weighted by Crippen LogP contribution is 2.35. The summed E-state index contributed by atoms with van der Waals surface area (Å²) in [4.78, 5) is 12.0. The van der Waals surface area contributed by atoms with Gasteiger partial charge in [-0.05, 0) is 18.8 Å². The lowest BCUT2D eigenvalue weighted by Gasteiger charge is -2.05. The second kappa shape index (κ2) is 6.59. The van der Waals surface area contributed by atoms with Gasteiger partial charge in [0.1, 0.15) is 21.5 Å². The molecule has 1 fully saturated rings. The number of hydrogen-bond donors (Lipinski definition) is 3. The van der Waals surface area contributed by atoms with Gasteiger partial charge in [0.25, 0.3) is 5.91 Å². The number of hydrogen-bond acceptors (Lipinski definition) is 6. The van der Waals surface area contributed by atoms with Crippen molar-refractivity contribution in [3.63, 3.8) is 0 Å². The fourth-order valence-corrected chi connectivity index (χ4v) is 2.78. The summed E-state index contributed by atoms with van der Waals surface area (Å²) in [6.45, 7) is 1.98. The predicted molar refractivity (Wildman–Crippen MR) is 78.9 cm³/mol. The molecule has 0 aromatic carbocycles. The van der Waals surface area contributed by atoms with Gasteiger partial charge >= 0.3 is 0 Å². The maximum atomic E-state index is 11.6. The molecule has 2 rings (SSSR count). The number of anilines is 2. The minimum atomic E-state index is -0.276. The standard InChI is InChI=1S/C13H18N4O2S/c1-16-12(18)11-10(15)9(6-14)13(20-11)17-4-5-19-7-8-2-3-8/h8,17H,2-5,7,15H2,1H3,(H,16,18). The van der Waals surface area contributed by atoms with Gasteiger partial charge in [-0.25, -0.2) is 0 Å². The minimum absolute atomic E-state index is 0.234. The molecule has 0 aliphatic heterocycles. The number of carbonyl (C=O) groups excluding carboxylic acids is 1. The summed E-state index contributed by atoms with van der Waals surface area (Å²) in [6.07, 6.45) is 2.53. The van der Waals surface area contributed by atoms with Crippen LogP contribution in [0.2, 0.25) is 0 Å². The number of carbonyl (C=O) groups is 1. The maximum absolute atomic E-state index is 11.6. The molecule has 4 N–H and O–H groups in total. The molecule has 1 aromatic rings. The summed E-state index contributed by atoms with van der Waals surface area (Å²) in [5, 5.41) is 15.4. The monoisotopic (exact) mass is 294 g/mol. The van der Waals surface area contributed by atoms with Crippen molar-refractivity contribution in [2.24, 2.45) is 5.92 Å². The third kappa shape index (κ3) is 3.40. The first kappa shape index (κ1) is 14.6. The second-order valence-corrected chi connectivity index (χ2v) is 5.71. The van der Waals surface area contributed by atoms with E-state index in [1.165, 1.54) is 31.2 Å². The first-order valence-corrected chi connectivity index (χ1v) is 7.35. The van der Waals surface area contributed by atoms with Crippen LogP contribution in [0.4, 0.5) is 10.7 Å². The lowest BCUT2D eigenvalue weighted by atomic mass is 10.2. The molecular weight excluding hydrogens is 276 g/mol. The van der Waals surface area contributed by atoms with E-state index >= 15 is 0 Å². The van der Waals surface area contributed by atoms with E-state index in [4.69, 9.17) is 15.7 Å². The third-order valence-corrected chi connectivity index (χ3v) is 4.23. The smallest absolute Gasteiger partial charge is 0.263 e. The molecule has 1 saturated carbocycles. The zero-order valence-electron chi connectivity index (χ0n) is 11.4. The number of ether oxygens (including phenoxy) is 1. The van der Waals surface area contributed by atoms with Gasteiger partial charge in [0.15, 0.2) is 0 Å². The quantitative estimate of drug-likeness (QED) is 0.660. The van der Waals surface area contributed by atoms with Crippen LogP contribution in [0.3, 0.4) is 0 Å². The van der Waals surface area contributed by atoms with Crippen LogP contribution in [0.1, 0.15) is 28.1 Å². The summed E-state index contributed by atoms with van der Waals surface area (Å²) < 4.78 is 5.51. The molecular formula is C13H18N4O2S. The van der Waals surface area contributed by atoms with Crippen molar-refractivity contribution < 1.29 is 9.53 Å². The number of nitriles is 1. The first-order valence-electron chi connectivity index (χ1n) is 6.53. The summed E-state index contributed by atoms with van der Waals surface area (Å²) in [5.74, 6) is 0.462. The average molecular weight is 294 g/mol. The number of rotatable bonds is 7. The van der Waals surface area contributed by atoms with Crippen LogP contribution in [0, 0.1) is 17.2 Å². The molecule has 0 atom stereocenters. The van der Waals surface area contributed by atoms with Crippen molar-refractivity contribution >= 4 is 27.9 Å². The highest BCUT2D eigenvalue weighted by atomic mass is 32.1. The molecule has 0 bridgehead atoms. The molecule has 1 heterocycles. The van der Waals surface area contributed by atoms with E-state index < -0.39 is 0 Å². The molecule has 0 radical (unpaired) electrons. The molecule has 20 heavy (non-hydrogen) atoms. The number of nitrogen functional groups attached to an aromatic ring is 1. The topological polar surface area (TPSA) is 100 Å². The van der Waals surface area contributed by atoms with E-state index in [0.717, 1.165) is 12.5 Å². The normalized spacial score (nSPS) is 13.8. The molecule has 6 nitrogen and oxygen atoms in total. The average Bonchev–Trinajstić information content (AvgIpc) is 3.21. The van der Waals surface area contributed by atoms with Crippen molar-refractivity contribution in [3.05, 3.63) is 10.4 Å². The van der Waals surface area contributed by atoms with Crippen LogP contribution in [-0.4, -0.2) is 32.7 Å². The van der Waals surface area contributed by atoms with E-state index in [1.54, 1.807) is 0 Å². The molecule has 0 spiro atoms. The Labute approximate surface area is 121 Å². The Morgan fingerprint density at radius 1 is 1.60 bits per heavy atom. The van der Waals surface area contributed by atoms with Crippen LogP contribution in [0.25, 0.3) is 0 Å². The molecule has 1 amide bonds. The molecule has 0 unspecified atom stereocenters. The summed E-state index contributed by atoms with van der Waals surface area (Å²) in [6, 6.07) is 2.03. The van der Waals surface area contributed by atoms with Crippen LogP contribution in [-0.2, 0) is 4.74 Å². The van der Waals surface area contributed by atoms with E-state index in [1.807, 2.05) is 6.07 Å². The lowest BCUT2D eigenvalue weighted by molar-refractivity contribution is 0.0968. The molecule has 108 valence electrons. The fourth-order valence-electron chi connectivity index (χ4n) is 1.73. The van der Waals surface area contributed by atoms with Gasteiger partial charge in [-0.3, -0.25) is 4.79 Å². The minimum Gasteiger partial charge on any atom is -0.396 e. The SMILES string of the molecule is CNC(=O)c1sc(NCCOCC2CC2)c(C#N)c1N. The van der Waals surface area contributed by atoms with Gasteiger partial charge in [0.2, 0.25) is 0 Å². The third-order valence-electron chi connectivity index (χ3n) is 3.07. The van der Waals surface area contributed by atoms with Gasteiger partial charge in [-0.1, -0.05) is 0 Å². The molecule has 1 aliphatic rings. The van der Waals surface area contributed by atoms with Crippen molar-refractivity contribution in [1.82, 2.24) is 5.32 Å². The Balaban J connectivity index is 1.92. The van der Waals surface area contributed by atoms with Crippen LogP contribution in [0.15, 0.2) is 0 Å². The number of nitrogens with zero attached hydrogens (tertiary/aromatic N) is 1. The highest BCUT2D eigenvalue weighted by Gasteiger charge is 2.21. The van der Waals surface area contributed by atoms with Crippen molar-refractivity contribution in [3.8, 4) is 6.07 Å². The zero-order chi connectivity index (χ0) is 14.5. The molecule has 7 heteroatoms. The van der Waals surface area contributed by atoms with Crippen molar-refractivity contribution in [1.29, 1.82) is 5.26 Å². The molecule has 1 aromatic heterocycles. The first-order chi connectivity index (χ1) is 9.67. The largest absolute Gasteiger partial charge is 0.396 e. The van der Waals surface area contributed by atoms with E-state index in [9.17, 15) is 4.79 Å². The Bertz CT molecular complexity index is 531. The number of thiophene rings is 1. The summed E-state index contributed by atoms with van der Waals surface area (Å²) in [5.41, 5.74) is 6.39. The van der Waals surface area contributed by atoms with Crippen LogP contribution in [0.5, 0.6) is 0 Å². The van der Waals surface area contributed by atoms with Crippen molar-refractivity contribution in [2.75, 3.05) is 37.9 Å².